The van der Waals surface area contributed by atoms with Gasteiger partial charge in [-0.25, -0.2) is 9.59 Å². The van der Waals surface area contributed by atoms with Crippen LogP contribution in [-0.4, -0.2) is 31.8 Å². The quantitative estimate of drug-likeness (QED) is 0.848. The van der Waals surface area contributed by atoms with Crippen LogP contribution in [0.5, 0.6) is 5.75 Å². The number of fused-ring (bicyclic) bond motifs is 1. The molecule has 0 radical (unpaired) electrons. The van der Waals surface area contributed by atoms with Crippen molar-refractivity contribution in [2.75, 3.05) is 23.9 Å². The minimum Gasteiger partial charge on any atom is -0.487 e. The van der Waals surface area contributed by atoms with Gasteiger partial charge < -0.3 is 14.8 Å². The number of carbonyl (C=O) groups is 2. The second kappa shape index (κ2) is 6.84. The Morgan fingerprint density at radius 3 is 2.60 bits per heavy atom. The third-order valence-corrected chi connectivity index (χ3v) is 3.98. The first-order valence-electron chi connectivity index (χ1n) is 8.02. The molecule has 0 aromatic heterocycles. The summed E-state index contributed by atoms with van der Waals surface area (Å²) in [5.74, 6) is 0.282. The highest BCUT2D eigenvalue weighted by atomic mass is 16.5. The zero-order valence-corrected chi connectivity index (χ0v) is 14.4. The number of hydrogen-bond acceptors (Lipinski definition) is 4. The van der Waals surface area contributed by atoms with E-state index >= 15 is 0 Å². The van der Waals surface area contributed by atoms with Crippen LogP contribution in [0, 0.1) is 6.92 Å². The number of esters is 1. The fourth-order valence-corrected chi connectivity index (χ4v) is 2.74. The normalized spacial score (nSPS) is 15.8. The first-order valence-corrected chi connectivity index (χ1v) is 8.02. The summed E-state index contributed by atoms with van der Waals surface area (Å²) in [7, 11) is 1.33. The first-order chi connectivity index (χ1) is 12.0. The molecule has 25 heavy (non-hydrogen) atoms. The van der Waals surface area contributed by atoms with Gasteiger partial charge in [-0.1, -0.05) is 6.07 Å². The largest absolute Gasteiger partial charge is 0.487 e. The van der Waals surface area contributed by atoms with Crippen molar-refractivity contribution in [3.8, 4) is 5.75 Å². The Bertz CT molecular complexity index is 802. The van der Waals surface area contributed by atoms with Crippen LogP contribution in [0.3, 0.4) is 0 Å². The van der Waals surface area contributed by atoms with E-state index in [4.69, 9.17) is 4.74 Å². The van der Waals surface area contributed by atoms with E-state index in [-0.39, 0.29) is 12.1 Å². The summed E-state index contributed by atoms with van der Waals surface area (Å²) < 4.78 is 10.5. The number of rotatable bonds is 2. The lowest BCUT2D eigenvalue weighted by molar-refractivity contribution is 0.0600. The van der Waals surface area contributed by atoms with Gasteiger partial charge in [0.2, 0.25) is 0 Å². The van der Waals surface area contributed by atoms with Crippen LogP contribution >= 0.6 is 0 Å². The molecule has 0 saturated carbocycles. The van der Waals surface area contributed by atoms with E-state index in [9.17, 15) is 9.59 Å². The molecule has 1 aliphatic rings. The maximum atomic E-state index is 12.7. The second-order valence-corrected chi connectivity index (χ2v) is 6.01. The van der Waals surface area contributed by atoms with Crippen molar-refractivity contribution in [1.82, 2.24) is 0 Å². The van der Waals surface area contributed by atoms with Crippen LogP contribution in [0.2, 0.25) is 0 Å². The van der Waals surface area contributed by atoms with E-state index in [0.29, 0.717) is 23.5 Å². The van der Waals surface area contributed by atoms with Gasteiger partial charge in [-0.2, -0.15) is 0 Å². The number of nitrogens with zero attached hydrogens (tertiary/aromatic N) is 1. The summed E-state index contributed by atoms with van der Waals surface area (Å²) in [6, 6.07) is 12.1. The predicted molar refractivity (Wildman–Crippen MR) is 95.4 cm³/mol. The number of amides is 2. The predicted octanol–water partition coefficient (Wildman–Crippen LogP) is 3.60. The zero-order valence-electron chi connectivity index (χ0n) is 14.4. The molecule has 1 N–H and O–H groups in total. The van der Waals surface area contributed by atoms with Gasteiger partial charge in [-0.15, -0.1) is 0 Å². The Morgan fingerprint density at radius 2 is 1.92 bits per heavy atom. The van der Waals surface area contributed by atoms with Crippen LogP contribution in [-0.2, 0) is 4.74 Å². The molecular formula is C19H20N2O4. The van der Waals surface area contributed by atoms with E-state index in [1.807, 2.05) is 32.0 Å². The molecular weight excluding hydrogens is 320 g/mol. The van der Waals surface area contributed by atoms with E-state index in [2.05, 4.69) is 10.1 Å². The lowest BCUT2D eigenvalue weighted by Gasteiger charge is -2.33. The summed E-state index contributed by atoms with van der Waals surface area (Å²) in [4.78, 5) is 25.9. The number of methoxy groups -OCH3 is 1. The summed E-state index contributed by atoms with van der Waals surface area (Å²) >= 11 is 0. The molecule has 3 rings (SSSR count). The third-order valence-electron chi connectivity index (χ3n) is 3.98. The first kappa shape index (κ1) is 16.8. The van der Waals surface area contributed by atoms with Gasteiger partial charge in [0, 0.05) is 5.69 Å². The molecule has 0 aliphatic carbocycles. The van der Waals surface area contributed by atoms with E-state index < -0.39 is 5.97 Å². The van der Waals surface area contributed by atoms with Crippen LogP contribution in [0.1, 0.15) is 22.8 Å². The Balaban J connectivity index is 1.80. The molecule has 0 spiro atoms. The summed E-state index contributed by atoms with van der Waals surface area (Å²) in [5, 5.41) is 2.86. The molecule has 130 valence electrons. The topological polar surface area (TPSA) is 67.9 Å². The van der Waals surface area contributed by atoms with E-state index in [0.717, 1.165) is 11.3 Å². The lowest BCUT2D eigenvalue weighted by Crippen LogP contribution is -2.44. The van der Waals surface area contributed by atoms with Crippen LogP contribution < -0.4 is 15.0 Å². The Hall–Kier alpha value is -3.02. The van der Waals surface area contributed by atoms with Crippen molar-refractivity contribution in [1.29, 1.82) is 0 Å². The number of urea groups is 1. The van der Waals surface area contributed by atoms with Crippen molar-refractivity contribution in [3.05, 3.63) is 53.6 Å². The Labute approximate surface area is 146 Å². The molecule has 1 heterocycles. The number of benzene rings is 2. The molecule has 0 unspecified atom stereocenters. The molecule has 2 aromatic carbocycles. The number of carbonyl (C=O) groups excluding carboxylic acids is 2. The van der Waals surface area contributed by atoms with Gasteiger partial charge in [0.05, 0.1) is 24.9 Å². The molecule has 1 atom stereocenters. The molecule has 6 nitrogen and oxygen atoms in total. The summed E-state index contributed by atoms with van der Waals surface area (Å²) in [6.07, 6.45) is -0.0948. The third kappa shape index (κ3) is 3.57. The fraction of sp³-hybridized carbons (Fsp3) is 0.263. The molecule has 6 heteroatoms. The van der Waals surface area contributed by atoms with Crippen LogP contribution in [0.4, 0.5) is 16.2 Å². The fourth-order valence-electron chi connectivity index (χ4n) is 2.74. The Morgan fingerprint density at radius 1 is 1.20 bits per heavy atom. The molecule has 2 amide bonds. The maximum Gasteiger partial charge on any atom is 0.337 e. The monoisotopic (exact) mass is 340 g/mol. The Kier molecular flexibility index (Phi) is 4.61. The van der Waals surface area contributed by atoms with Gasteiger partial charge in [0.25, 0.3) is 0 Å². The second-order valence-electron chi connectivity index (χ2n) is 6.01. The highest BCUT2D eigenvalue weighted by molar-refractivity contribution is 6.03. The van der Waals surface area contributed by atoms with E-state index in [1.54, 1.807) is 29.2 Å². The molecule has 0 fully saturated rings. The van der Waals surface area contributed by atoms with Gasteiger partial charge in [0.1, 0.15) is 11.9 Å². The summed E-state index contributed by atoms with van der Waals surface area (Å²) in [5.41, 5.74) is 2.84. The van der Waals surface area contributed by atoms with Crippen molar-refractivity contribution < 1.29 is 19.1 Å². The standard InChI is InChI=1S/C19H20N2O4/c1-12-4-9-17-16(10-12)21(11-13(2)25-17)19(23)20-15-7-5-14(6-8-15)18(22)24-3/h4-10,13H,11H2,1-3H3,(H,20,23)/t13-/m0/s1. The number of nitrogens with one attached hydrogen (secondary N) is 1. The molecule has 0 bridgehead atoms. The number of aryl methyl sites for hydroxylation is 1. The van der Waals surface area contributed by atoms with Gasteiger partial charge in [0.15, 0.2) is 0 Å². The average Bonchev–Trinajstić information content (AvgIpc) is 2.61. The van der Waals surface area contributed by atoms with Gasteiger partial charge >= 0.3 is 12.0 Å². The minimum atomic E-state index is -0.413. The average molecular weight is 340 g/mol. The molecule has 0 saturated heterocycles. The summed E-state index contributed by atoms with van der Waals surface area (Å²) in [6.45, 7) is 4.36. The number of ether oxygens (including phenoxy) is 2. The van der Waals surface area contributed by atoms with Gasteiger partial charge in [-0.3, -0.25) is 4.90 Å². The van der Waals surface area contributed by atoms with Crippen molar-refractivity contribution in [2.45, 2.75) is 20.0 Å². The SMILES string of the molecule is COC(=O)c1ccc(NC(=O)N2C[C@H](C)Oc3ccc(C)cc32)cc1. The maximum absolute atomic E-state index is 12.7. The van der Waals surface area contributed by atoms with Crippen LogP contribution in [0.15, 0.2) is 42.5 Å². The molecule has 1 aliphatic heterocycles. The van der Waals surface area contributed by atoms with Crippen molar-refractivity contribution in [2.24, 2.45) is 0 Å². The van der Waals surface area contributed by atoms with E-state index in [1.165, 1.54) is 7.11 Å². The highest BCUT2D eigenvalue weighted by Gasteiger charge is 2.27. The van der Waals surface area contributed by atoms with Crippen molar-refractivity contribution >= 4 is 23.4 Å². The minimum absolute atomic E-state index is 0.0948. The van der Waals surface area contributed by atoms with Crippen molar-refractivity contribution in [3.63, 3.8) is 0 Å². The smallest absolute Gasteiger partial charge is 0.337 e. The lowest BCUT2D eigenvalue weighted by atomic mass is 10.1. The van der Waals surface area contributed by atoms with Crippen LogP contribution in [0.25, 0.3) is 0 Å². The number of anilines is 2. The highest BCUT2D eigenvalue weighted by Crippen LogP contribution is 2.34. The number of hydrogen-bond donors (Lipinski definition) is 1. The zero-order chi connectivity index (χ0) is 18.0. The molecule has 2 aromatic rings. The van der Waals surface area contributed by atoms with Gasteiger partial charge in [-0.05, 0) is 55.8 Å².